The third-order valence-corrected chi connectivity index (χ3v) is 6.77. The number of hydrogen-bond donors (Lipinski definition) is 1. The zero-order valence-corrected chi connectivity index (χ0v) is 19.3. The molecule has 0 spiro atoms. The summed E-state index contributed by atoms with van der Waals surface area (Å²) >= 11 is 0. The Morgan fingerprint density at radius 3 is 2.40 bits per heavy atom. The number of halogens is 4. The number of carbonyl (C=O) groups is 1. The first-order valence-corrected chi connectivity index (χ1v) is 11.9. The van der Waals surface area contributed by atoms with Crippen LogP contribution in [0.3, 0.4) is 0 Å². The third kappa shape index (κ3) is 6.68. The van der Waals surface area contributed by atoms with E-state index in [-0.39, 0.29) is 42.9 Å². The van der Waals surface area contributed by atoms with Crippen molar-refractivity contribution >= 4 is 11.8 Å². The lowest BCUT2D eigenvalue weighted by Gasteiger charge is -2.26. The molecule has 2 fully saturated rings. The summed E-state index contributed by atoms with van der Waals surface area (Å²) < 4.78 is 59.4. The minimum Gasteiger partial charge on any atom is -0.481 e. The fourth-order valence-electron chi connectivity index (χ4n) is 4.57. The van der Waals surface area contributed by atoms with Crippen molar-refractivity contribution in [3.8, 4) is 0 Å². The van der Waals surface area contributed by atoms with Crippen LogP contribution in [0.1, 0.15) is 55.3 Å². The van der Waals surface area contributed by atoms with Gasteiger partial charge in [-0.1, -0.05) is 12.1 Å². The number of aliphatic carboxylic acids is 1. The Hall–Kier alpha value is -2.75. The Morgan fingerprint density at radius 2 is 1.80 bits per heavy atom. The maximum absolute atomic E-state index is 15.5. The molecule has 0 amide bonds. The van der Waals surface area contributed by atoms with Crippen LogP contribution in [0, 0.1) is 17.7 Å². The number of anilines is 1. The molecule has 1 N–H and O–H groups in total. The number of ether oxygens (including phenoxy) is 1. The van der Waals surface area contributed by atoms with E-state index in [0.717, 1.165) is 37.8 Å². The molecule has 1 saturated carbocycles. The summed E-state index contributed by atoms with van der Waals surface area (Å²) in [5.41, 5.74) is 0.0432. The molecule has 1 atom stereocenters. The molecule has 4 rings (SSSR count). The third-order valence-electron chi connectivity index (χ3n) is 6.77. The summed E-state index contributed by atoms with van der Waals surface area (Å²) in [6, 6.07) is 4.88. The van der Waals surface area contributed by atoms with E-state index in [1.807, 2.05) is 0 Å². The molecule has 35 heavy (non-hydrogen) atoms. The van der Waals surface area contributed by atoms with Gasteiger partial charge < -0.3 is 14.7 Å². The monoisotopic (exact) mass is 495 g/mol. The molecule has 190 valence electrons. The molecular formula is C25H29F4N3O3. The van der Waals surface area contributed by atoms with E-state index in [1.54, 1.807) is 4.90 Å². The second-order valence-electron chi connectivity index (χ2n) is 9.38. The molecule has 6 nitrogen and oxygen atoms in total. The van der Waals surface area contributed by atoms with Crippen molar-refractivity contribution in [1.29, 1.82) is 0 Å². The van der Waals surface area contributed by atoms with E-state index in [1.165, 1.54) is 18.5 Å². The van der Waals surface area contributed by atoms with Crippen LogP contribution >= 0.6 is 0 Å². The average Bonchev–Trinajstić information content (AvgIpc) is 3.67. The first kappa shape index (κ1) is 25.3. The van der Waals surface area contributed by atoms with Gasteiger partial charge in [0.15, 0.2) is 11.6 Å². The van der Waals surface area contributed by atoms with Crippen LogP contribution in [-0.4, -0.2) is 40.3 Å². The molecule has 2 heterocycles. The van der Waals surface area contributed by atoms with E-state index in [4.69, 9.17) is 4.74 Å². The molecule has 10 heteroatoms. The van der Waals surface area contributed by atoms with Gasteiger partial charge >= 0.3 is 12.1 Å². The summed E-state index contributed by atoms with van der Waals surface area (Å²) in [4.78, 5) is 21.8. The lowest BCUT2D eigenvalue weighted by atomic mass is 9.86. The fraction of sp³-hybridized carbons (Fsp3) is 0.560. The van der Waals surface area contributed by atoms with Gasteiger partial charge in [-0.3, -0.25) is 4.79 Å². The van der Waals surface area contributed by atoms with Gasteiger partial charge in [0.2, 0.25) is 0 Å². The molecular weight excluding hydrogens is 466 g/mol. The van der Waals surface area contributed by atoms with Gasteiger partial charge in [-0.2, -0.15) is 13.2 Å². The fourth-order valence-corrected chi connectivity index (χ4v) is 4.57. The zero-order valence-electron chi connectivity index (χ0n) is 19.3. The van der Waals surface area contributed by atoms with Crippen molar-refractivity contribution in [3.05, 3.63) is 53.2 Å². The average molecular weight is 496 g/mol. The molecule has 0 bridgehead atoms. The number of aryl methyl sites for hydroxylation is 1. The van der Waals surface area contributed by atoms with E-state index < -0.39 is 29.4 Å². The number of hydrogen-bond acceptors (Lipinski definition) is 5. The number of aromatic nitrogens is 2. The van der Waals surface area contributed by atoms with Crippen LogP contribution in [-0.2, 0) is 28.7 Å². The van der Waals surface area contributed by atoms with Crippen LogP contribution < -0.4 is 4.90 Å². The number of carboxylic acid groups (broad SMARTS) is 1. The molecule has 1 aromatic heterocycles. The Bertz CT molecular complexity index is 1010. The van der Waals surface area contributed by atoms with Crippen molar-refractivity contribution in [2.24, 2.45) is 11.8 Å². The van der Waals surface area contributed by atoms with E-state index in [0.29, 0.717) is 25.2 Å². The van der Waals surface area contributed by atoms with Crippen LogP contribution in [0.25, 0.3) is 0 Å². The highest BCUT2D eigenvalue weighted by molar-refractivity contribution is 5.70. The summed E-state index contributed by atoms with van der Waals surface area (Å²) in [5.74, 6) is -1.70. The topological polar surface area (TPSA) is 75.5 Å². The quantitative estimate of drug-likeness (QED) is 0.454. The van der Waals surface area contributed by atoms with Crippen molar-refractivity contribution < 1.29 is 32.2 Å². The molecule has 1 saturated heterocycles. The van der Waals surface area contributed by atoms with Crippen LogP contribution in [0.2, 0.25) is 0 Å². The summed E-state index contributed by atoms with van der Waals surface area (Å²) in [6.07, 6.45) is 1.15. The predicted octanol–water partition coefficient (Wildman–Crippen LogP) is 5.25. The highest BCUT2D eigenvalue weighted by Crippen LogP contribution is 2.35. The minimum absolute atomic E-state index is 0.0508. The number of alkyl halides is 3. The Labute approximate surface area is 201 Å². The van der Waals surface area contributed by atoms with Gasteiger partial charge in [0.25, 0.3) is 0 Å². The second-order valence-corrected chi connectivity index (χ2v) is 9.38. The van der Waals surface area contributed by atoms with Gasteiger partial charge in [-0.15, -0.1) is 0 Å². The van der Waals surface area contributed by atoms with E-state index in [9.17, 15) is 23.1 Å². The van der Waals surface area contributed by atoms with Crippen molar-refractivity contribution in [2.45, 2.75) is 63.7 Å². The number of carboxylic acids is 1. The largest absolute Gasteiger partial charge is 0.481 e. The van der Waals surface area contributed by atoms with E-state index >= 15 is 4.39 Å². The lowest BCUT2D eigenvalue weighted by Crippen LogP contribution is -2.28. The molecule has 2 aromatic rings. The van der Waals surface area contributed by atoms with Gasteiger partial charge in [0.05, 0.1) is 17.2 Å². The van der Waals surface area contributed by atoms with Gasteiger partial charge in [0.1, 0.15) is 6.33 Å². The molecule has 1 aliphatic carbocycles. The number of benzene rings is 1. The van der Waals surface area contributed by atoms with Crippen molar-refractivity contribution in [1.82, 2.24) is 9.97 Å². The van der Waals surface area contributed by atoms with Crippen LogP contribution in [0.15, 0.2) is 30.6 Å². The number of rotatable bonds is 10. The van der Waals surface area contributed by atoms with Crippen LogP contribution in [0.5, 0.6) is 0 Å². The highest BCUT2D eigenvalue weighted by Gasteiger charge is 2.34. The summed E-state index contributed by atoms with van der Waals surface area (Å²) in [7, 11) is 0. The number of nitrogens with zero attached hydrogens (tertiary/aromatic N) is 3. The Kier molecular flexibility index (Phi) is 7.88. The van der Waals surface area contributed by atoms with Gasteiger partial charge in [0, 0.05) is 25.8 Å². The van der Waals surface area contributed by atoms with Crippen molar-refractivity contribution in [2.75, 3.05) is 18.1 Å². The smallest absolute Gasteiger partial charge is 0.416 e. The summed E-state index contributed by atoms with van der Waals surface area (Å²) in [5, 5.41) is 9.67. The van der Waals surface area contributed by atoms with E-state index in [2.05, 4.69) is 9.97 Å². The Morgan fingerprint density at radius 1 is 1.11 bits per heavy atom. The SMILES string of the molecule is O=C(O)C(CCc1ncnc(N(Cc2ccc(C(F)(F)F)cc2)C2CC2)c1F)CC1CCOCC1. The second kappa shape index (κ2) is 10.9. The standard InChI is InChI=1S/C25H29F4N3O3/c26-22-21(8-3-18(24(33)34)13-16-9-11-35-12-10-16)30-15-31-23(22)32(20-6-7-20)14-17-1-4-19(5-2-17)25(27,28)29/h1-2,4-5,15-16,18,20H,3,6-14H2,(H,33,34). The first-order chi connectivity index (χ1) is 16.7. The Balaban J connectivity index is 1.46. The maximum atomic E-state index is 15.5. The maximum Gasteiger partial charge on any atom is 0.416 e. The van der Waals surface area contributed by atoms with Gasteiger partial charge in [-0.25, -0.2) is 14.4 Å². The van der Waals surface area contributed by atoms with Crippen molar-refractivity contribution in [3.63, 3.8) is 0 Å². The normalized spacial score (nSPS) is 17.8. The van der Waals surface area contributed by atoms with Gasteiger partial charge in [-0.05, 0) is 68.6 Å². The molecule has 0 radical (unpaired) electrons. The molecule has 1 unspecified atom stereocenters. The summed E-state index contributed by atoms with van der Waals surface area (Å²) in [6.45, 7) is 1.49. The van der Waals surface area contributed by atoms with Crippen LogP contribution in [0.4, 0.5) is 23.4 Å². The predicted molar refractivity (Wildman–Crippen MR) is 120 cm³/mol. The first-order valence-electron chi connectivity index (χ1n) is 11.9. The molecule has 1 aliphatic heterocycles. The molecule has 1 aromatic carbocycles. The molecule has 2 aliphatic rings. The lowest BCUT2D eigenvalue weighted by molar-refractivity contribution is -0.143. The highest BCUT2D eigenvalue weighted by atomic mass is 19.4. The minimum atomic E-state index is -4.42. The zero-order chi connectivity index (χ0) is 25.0.